The van der Waals surface area contributed by atoms with E-state index in [9.17, 15) is 0 Å². The molecule has 17 heavy (non-hydrogen) atoms. The highest BCUT2D eigenvalue weighted by Gasteiger charge is 2.18. The molecule has 1 nitrogen and oxygen atoms in total. The summed E-state index contributed by atoms with van der Waals surface area (Å²) in [4.78, 5) is 1.31. The van der Waals surface area contributed by atoms with Crippen molar-refractivity contribution >= 4 is 11.5 Å². The Morgan fingerprint density at radius 3 is 2.53 bits per heavy atom. The van der Waals surface area contributed by atoms with E-state index in [0.717, 1.165) is 5.92 Å². The zero-order valence-electron chi connectivity index (χ0n) is 9.93. The Morgan fingerprint density at radius 2 is 1.76 bits per heavy atom. The minimum atomic E-state index is 0.720. The Labute approximate surface area is 107 Å². The van der Waals surface area contributed by atoms with Gasteiger partial charge in [-0.3, -0.25) is 0 Å². The molecule has 3 rings (SSSR count). The lowest BCUT2D eigenvalue weighted by atomic mass is 9.87. The standard InChI is InChI=1S/C15H17NS/c1-3-7-12(8-4-1)14-11-15(17-16-14)13-9-5-2-6-10-13/h2,5-6,9-12H,1,3-4,7-8H2. The van der Waals surface area contributed by atoms with Crippen molar-refractivity contribution in [3.05, 3.63) is 42.1 Å². The van der Waals surface area contributed by atoms with Crippen molar-refractivity contribution in [1.29, 1.82) is 0 Å². The highest BCUT2D eigenvalue weighted by molar-refractivity contribution is 7.09. The van der Waals surface area contributed by atoms with E-state index in [1.807, 2.05) is 0 Å². The summed E-state index contributed by atoms with van der Waals surface area (Å²) in [5.74, 6) is 0.720. The van der Waals surface area contributed by atoms with Gasteiger partial charge in [0.2, 0.25) is 0 Å². The van der Waals surface area contributed by atoms with E-state index in [1.165, 1.54) is 48.2 Å². The first-order valence-electron chi connectivity index (χ1n) is 6.45. The molecule has 1 heterocycles. The van der Waals surface area contributed by atoms with Crippen molar-refractivity contribution in [2.75, 3.05) is 0 Å². The van der Waals surface area contributed by atoms with Crippen LogP contribution in [0.3, 0.4) is 0 Å². The van der Waals surface area contributed by atoms with E-state index >= 15 is 0 Å². The van der Waals surface area contributed by atoms with Crippen LogP contribution in [0.5, 0.6) is 0 Å². The van der Waals surface area contributed by atoms with Crippen molar-refractivity contribution in [3.8, 4) is 10.4 Å². The molecule has 1 saturated carbocycles. The monoisotopic (exact) mass is 243 g/mol. The van der Waals surface area contributed by atoms with Gasteiger partial charge in [0.05, 0.1) is 10.6 Å². The number of nitrogens with zero attached hydrogens (tertiary/aromatic N) is 1. The summed E-state index contributed by atoms with van der Waals surface area (Å²) in [5, 5.41) is 0. The summed E-state index contributed by atoms with van der Waals surface area (Å²) in [5.41, 5.74) is 2.63. The summed E-state index contributed by atoms with van der Waals surface area (Å²) < 4.78 is 4.66. The van der Waals surface area contributed by atoms with Crippen LogP contribution in [0.25, 0.3) is 10.4 Å². The molecule has 0 amide bonds. The Morgan fingerprint density at radius 1 is 1.00 bits per heavy atom. The predicted molar refractivity (Wildman–Crippen MR) is 73.4 cm³/mol. The van der Waals surface area contributed by atoms with Crippen LogP contribution < -0.4 is 0 Å². The molecule has 2 aromatic rings. The van der Waals surface area contributed by atoms with Crippen LogP contribution in [0.4, 0.5) is 0 Å². The maximum absolute atomic E-state index is 4.66. The van der Waals surface area contributed by atoms with Crippen molar-refractivity contribution in [3.63, 3.8) is 0 Å². The van der Waals surface area contributed by atoms with Crippen LogP contribution in [0.1, 0.15) is 43.7 Å². The Kier molecular flexibility index (Phi) is 3.23. The van der Waals surface area contributed by atoms with E-state index in [1.54, 1.807) is 11.5 Å². The van der Waals surface area contributed by atoms with Gasteiger partial charge >= 0.3 is 0 Å². The molecule has 0 atom stereocenters. The zero-order chi connectivity index (χ0) is 11.5. The van der Waals surface area contributed by atoms with E-state index in [4.69, 9.17) is 0 Å². The van der Waals surface area contributed by atoms with Crippen LogP contribution in [-0.4, -0.2) is 4.37 Å². The largest absolute Gasteiger partial charge is 0.197 e. The normalized spacial score (nSPS) is 17.2. The molecule has 0 unspecified atom stereocenters. The highest BCUT2D eigenvalue weighted by atomic mass is 32.1. The molecule has 0 saturated heterocycles. The molecular formula is C15H17NS. The van der Waals surface area contributed by atoms with Crippen LogP contribution in [0.15, 0.2) is 36.4 Å². The van der Waals surface area contributed by atoms with Gasteiger partial charge in [0.15, 0.2) is 0 Å². The van der Waals surface area contributed by atoms with E-state index in [2.05, 4.69) is 40.8 Å². The Bertz CT molecular complexity index is 469. The molecule has 1 aromatic carbocycles. The zero-order valence-corrected chi connectivity index (χ0v) is 10.7. The Balaban J connectivity index is 1.83. The maximum atomic E-state index is 4.66. The summed E-state index contributed by atoms with van der Waals surface area (Å²) >= 11 is 1.65. The molecule has 1 aromatic heterocycles. The van der Waals surface area contributed by atoms with Crippen LogP contribution in [-0.2, 0) is 0 Å². The summed E-state index contributed by atoms with van der Waals surface area (Å²) in [6, 6.07) is 12.9. The minimum absolute atomic E-state index is 0.720. The van der Waals surface area contributed by atoms with Crippen LogP contribution >= 0.6 is 11.5 Å². The topological polar surface area (TPSA) is 12.9 Å². The fourth-order valence-corrected chi connectivity index (χ4v) is 3.44. The van der Waals surface area contributed by atoms with Crippen LogP contribution in [0.2, 0.25) is 0 Å². The van der Waals surface area contributed by atoms with Crippen molar-refractivity contribution in [1.82, 2.24) is 4.37 Å². The minimum Gasteiger partial charge on any atom is -0.197 e. The lowest BCUT2D eigenvalue weighted by Crippen LogP contribution is -2.04. The first-order valence-corrected chi connectivity index (χ1v) is 7.23. The molecule has 2 heteroatoms. The van der Waals surface area contributed by atoms with E-state index < -0.39 is 0 Å². The molecule has 0 N–H and O–H groups in total. The number of hydrogen-bond donors (Lipinski definition) is 0. The molecule has 88 valence electrons. The molecule has 1 aliphatic carbocycles. The second kappa shape index (κ2) is 5.01. The smallest absolute Gasteiger partial charge is 0.0579 e. The Hall–Kier alpha value is -1.15. The third kappa shape index (κ3) is 2.42. The first kappa shape index (κ1) is 11.0. The third-order valence-corrected chi connectivity index (χ3v) is 4.46. The molecule has 0 spiro atoms. The average molecular weight is 243 g/mol. The predicted octanol–water partition coefficient (Wildman–Crippen LogP) is 4.86. The van der Waals surface area contributed by atoms with E-state index in [0.29, 0.717) is 0 Å². The van der Waals surface area contributed by atoms with Gasteiger partial charge in [-0.25, -0.2) is 0 Å². The van der Waals surface area contributed by atoms with E-state index in [-0.39, 0.29) is 0 Å². The second-order valence-corrected chi connectivity index (χ2v) is 5.62. The summed E-state index contributed by atoms with van der Waals surface area (Å²) in [7, 11) is 0. The van der Waals surface area contributed by atoms with Gasteiger partial charge in [-0.2, -0.15) is 4.37 Å². The number of hydrogen-bond acceptors (Lipinski definition) is 2. The van der Waals surface area contributed by atoms with Crippen molar-refractivity contribution < 1.29 is 0 Å². The highest BCUT2D eigenvalue weighted by Crippen LogP contribution is 2.35. The molecule has 0 radical (unpaired) electrons. The number of aromatic nitrogens is 1. The number of benzene rings is 1. The van der Waals surface area contributed by atoms with Gasteiger partial charge in [0, 0.05) is 5.92 Å². The van der Waals surface area contributed by atoms with Gasteiger partial charge in [-0.1, -0.05) is 49.6 Å². The van der Waals surface area contributed by atoms with Crippen molar-refractivity contribution in [2.24, 2.45) is 0 Å². The SMILES string of the molecule is c1ccc(-c2cc(C3CCCCC3)ns2)cc1. The maximum Gasteiger partial charge on any atom is 0.0579 e. The lowest BCUT2D eigenvalue weighted by Gasteiger charge is -2.19. The lowest BCUT2D eigenvalue weighted by molar-refractivity contribution is 0.439. The summed E-state index contributed by atoms with van der Waals surface area (Å²) in [6.07, 6.45) is 6.83. The number of rotatable bonds is 2. The van der Waals surface area contributed by atoms with Gasteiger partial charge in [0.1, 0.15) is 0 Å². The van der Waals surface area contributed by atoms with Crippen molar-refractivity contribution in [2.45, 2.75) is 38.0 Å². The average Bonchev–Trinajstić information content (AvgIpc) is 2.90. The molecule has 0 bridgehead atoms. The fraction of sp³-hybridized carbons (Fsp3) is 0.400. The quantitative estimate of drug-likeness (QED) is 0.734. The fourth-order valence-electron chi connectivity index (χ4n) is 2.62. The molecule has 1 fully saturated rings. The summed E-state index contributed by atoms with van der Waals surface area (Å²) in [6.45, 7) is 0. The van der Waals surface area contributed by atoms with Gasteiger partial charge in [-0.15, -0.1) is 0 Å². The van der Waals surface area contributed by atoms with Gasteiger partial charge in [0.25, 0.3) is 0 Å². The molecule has 0 aliphatic heterocycles. The van der Waals surface area contributed by atoms with Gasteiger partial charge < -0.3 is 0 Å². The van der Waals surface area contributed by atoms with Gasteiger partial charge in [-0.05, 0) is 36.0 Å². The third-order valence-electron chi connectivity index (χ3n) is 3.61. The second-order valence-electron chi connectivity index (χ2n) is 4.82. The molecule has 1 aliphatic rings. The van der Waals surface area contributed by atoms with Crippen LogP contribution in [0, 0.1) is 0 Å². The first-order chi connectivity index (χ1) is 8.43. The molecular weight excluding hydrogens is 226 g/mol.